The Balaban J connectivity index is 1.59. The van der Waals surface area contributed by atoms with Gasteiger partial charge in [-0.2, -0.15) is 4.98 Å². The summed E-state index contributed by atoms with van der Waals surface area (Å²) in [5.41, 5.74) is 6.43. The van der Waals surface area contributed by atoms with Crippen LogP contribution in [0.2, 0.25) is 0 Å². The lowest BCUT2D eigenvalue weighted by molar-refractivity contribution is 0.118. The molecule has 2 aromatic carbocycles. The summed E-state index contributed by atoms with van der Waals surface area (Å²) in [5.74, 6) is 1.90. The maximum absolute atomic E-state index is 10.3. The van der Waals surface area contributed by atoms with E-state index < -0.39 is 12.1 Å². The zero-order chi connectivity index (χ0) is 20.5. The van der Waals surface area contributed by atoms with Gasteiger partial charge in [0.2, 0.25) is 5.82 Å². The summed E-state index contributed by atoms with van der Waals surface area (Å²) in [6, 6.07) is 11.3. The molecule has 0 spiro atoms. The number of fused-ring (bicyclic) bond motifs is 1. The maximum atomic E-state index is 10.3. The number of hydrogen-bond donors (Lipinski definition) is 3. The molecule has 1 fully saturated rings. The normalized spacial score (nSPS) is 19.2. The highest BCUT2D eigenvalue weighted by Crippen LogP contribution is 2.32. The fourth-order valence-electron chi connectivity index (χ4n) is 3.53. The van der Waals surface area contributed by atoms with Crippen LogP contribution in [-0.4, -0.2) is 45.4 Å². The quantitative estimate of drug-likeness (QED) is 0.448. The van der Waals surface area contributed by atoms with Gasteiger partial charge in [0.05, 0.1) is 12.7 Å². The second-order valence-electron chi connectivity index (χ2n) is 7.76. The van der Waals surface area contributed by atoms with Crippen molar-refractivity contribution in [2.24, 2.45) is 11.7 Å². The van der Waals surface area contributed by atoms with E-state index in [0.29, 0.717) is 31.3 Å². The van der Waals surface area contributed by atoms with Crippen molar-refractivity contribution < 1.29 is 14.4 Å². The van der Waals surface area contributed by atoms with Gasteiger partial charge in [-0.25, -0.2) is 0 Å². The van der Waals surface area contributed by atoms with Crippen molar-refractivity contribution in [1.82, 2.24) is 15.0 Å². The van der Waals surface area contributed by atoms with E-state index in [9.17, 15) is 5.11 Å². The number of aliphatic hydroxyl groups excluding tert-OH is 1. The van der Waals surface area contributed by atoms with Gasteiger partial charge in [-0.15, -0.1) is 0 Å². The van der Waals surface area contributed by atoms with E-state index in [0.717, 1.165) is 22.1 Å². The average Bonchev–Trinajstić information content (AvgIpc) is 3.32. The van der Waals surface area contributed by atoms with Crippen LogP contribution in [0.25, 0.3) is 22.2 Å². The number of rotatable bonds is 5. The van der Waals surface area contributed by atoms with Gasteiger partial charge in [0.25, 0.3) is 5.89 Å². The number of aliphatic hydroxyl groups is 1. The molecule has 0 saturated carbocycles. The third-order valence-corrected chi connectivity index (χ3v) is 5.02. The fourth-order valence-corrected chi connectivity index (χ4v) is 3.53. The third-order valence-electron chi connectivity index (χ3n) is 5.02. The molecule has 1 saturated heterocycles. The predicted molar refractivity (Wildman–Crippen MR) is 110 cm³/mol. The third kappa shape index (κ3) is 3.88. The Kier molecular flexibility index (Phi) is 5.10. The smallest absolute Gasteiger partial charge is 0.252 e. The molecule has 29 heavy (non-hydrogen) atoms. The van der Waals surface area contributed by atoms with Crippen molar-refractivity contribution in [1.29, 1.82) is 5.41 Å². The Morgan fingerprint density at radius 2 is 2.07 bits per heavy atom. The molecule has 1 unspecified atom stereocenters. The van der Waals surface area contributed by atoms with Gasteiger partial charge >= 0.3 is 0 Å². The monoisotopic (exact) mass is 395 g/mol. The Hall–Kier alpha value is -3.13. The second kappa shape index (κ2) is 7.71. The number of likely N-dealkylation sites (tertiary alicyclic amines) is 1. The lowest BCUT2D eigenvalue weighted by Crippen LogP contribution is -2.37. The fraction of sp³-hybridized carbons (Fsp3) is 0.381. The summed E-state index contributed by atoms with van der Waals surface area (Å²) in [6.07, 6.45) is -0.202. The van der Waals surface area contributed by atoms with Crippen LogP contribution < -0.4 is 10.5 Å². The Morgan fingerprint density at radius 3 is 2.83 bits per heavy atom. The summed E-state index contributed by atoms with van der Waals surface area (Å²) in [7, 11) is 0. The van der Waals surface area contributed by atoms with Gasteiger partial charge in [0, 0.05) is 12.1 Å². The van der Waals surface area contributed by atoms with E-state index in [4.69, 9.17) is 20.4 Å². The minimum absolute atomic E-state index is 0.118. The molecule has 0 amide bonds. The molecule has 4 rings (SSSR count). The summed E-state index contributed by atoms with van der Waals surface area (Å²) in [4.78, 5) is 6.03. The van der Waals surface area contributed by atoms with E-state index >= 15 is 0 Å². The number of nitrogens with zero attached hydrogens (tertiary/aromatic N) is 3. The van der Waals surface area contributed by atoms with Crippen LogP contribution in [0.1, 0.15) is 32.2 Å². The van der Waals surface area contributed by atoms with Crippen molar-refractivity contribution in [2.75, 3.05) is 13.2 Å². The molecule has 1 aliphatic rings. The van der Waals surface area contributed by atoms with Crippen molar-refractivity contribution >= 4 is 16.7 Å². The topological polar surface area (TPSA) is 121 Å². The number of guanidine groups is 1. The van der Waals surface area contributed by atoms with E-state index in [-0.39, 0.29) is 11.9 Å². The summed E-state index contributed by atoms with van der Waals surface area (Å²) in [5, 5.41) is 24.1. The maximum Gasteiger partial charge on any atom is 0.252 e. The number of benzene rings is 2. The molecule has 0 radical (unpaired) electrons. The minimum Gasteiger partial charge on any atom is -0.493 e. The van der Waals surface area contributed by atoms with Gasteiger partial charge < -0.3 is 25.0 Å². The molecule has 1 aromatic heterocycles. The van der Waals surface area contributed by atoms with Crippen LogP contribution in [0, 0.1) is 11.3 Å². The zero-order valence-electron chi connectivity index (χ0n) is 16.5. The molecule has 8 heteroatoms. The van der Waals surface area contributed by atoms with E-state index in [1.54, 1.807) is 4.90 Å². The minimum atomic E-state index is -0.701. The van der Waals surface area contributed by atoms with Crippen LogP contribution in [0.5, 0.6) is 5.75 Å². The van der Waals surface area contributed by atoms with Gasteiger partial charge in [0.15, 0.2) is 5.96 Å². The largest absolute Gasteiger partial charge is 0.493 e. The molecule has 2 heterocycles. The van der Waals surface area contributed by atoms with Crippen molar-refractivity contribution in [3.63, 3.8) is 0 Å². The van der Waals surface area contributed by atoms with E-state index in [1.165, 1.54) is 0 Å². The number of ether oxygens (including phenoxy) is 1. The highest BCUT2D eigenvalue weighted by molar-refractivity contribution is 5.87. The first kappa shape index (κ1) is 19.2. The Morgan fingerprint density at radius 1 is 1.31 bits per heavy atom. The molecule has 8 nitrogen and oxygen atoms in total. The number of nitrogens with two attached hydrogens (primary N) is 1. The van der Waals surface area contributed by atoms with Crippen molar-refractivity contribution in [2.45, 2.75) is 32.4 Å². The molecular formula is C21H25N5O3. The lowest BCUT2D eigenvalue weighted by Gasteiger charge is -2.22. The van der Waals surface area contributed by atoms with Gasteiger partial charge in [-0.05, 0) is 41.3 Å². The van der Waals surface area contributed by atoms with Crippen LogP contribution in [0.15, 0.2) is 40.9 Å². The van der Waals surface area contributed by atoms with Gasteiger partial charge in [-0.3, -0.25) is 5.41 Å². The summed E-state index contributed by atoms with van der Waals surface area (Å²) >= 11 is 0. The number of aromatic nitrogens is 2. The molecule has 3 aromatic rings. The highest BCUT2D eigenvalue weighted by Gasteiger charge is 2.39. The van der Waals surface area contributed by atoms with Crippen LogP contribution in [0.3, 0.4) is 0 Å². The molecule has 4 N–H and O–H groups in total. The first-order chi connectivity index (χ1) is 13.9. The van der Waals surface area contributed by atoms with Crippen molar-refractivity contribution in [3.05, 3.63) is 42.3 Å². The number of hydrogen-bond acceptors (Lipinski definition) is 6. The molecule has 1 aliphatic heterocycles. The first-order valence-electron chi connectivity index (χ1n) is 9.71. The van der Waals surface area contributed by atoms with E-state index in [1.807, 2.05) is 36.4 Å². The second-order valence-corrected chi connectivity index (χ2v) is 7.76. The van der Waals surface area contributed by atoms with Crippen LogP contribution in [0.4, 0.5) is 0 Å². The zero-order valence-corrected chi connectivity index (χ0v) is 16.5. The van der Waals surface area contributed by atoms with Crippen molar-refractivity contribution in [3.8, 4) is 17.1 Å². The Bertz CT molecular complexity index is 1030. The summed E-state index contributed by atoms with van der Waals surface area (Å²) < 4.78 is 11.2. The molecule has 2 atom stereocenters. The van der Waals surface area contributed by atoms with E-state index in [2.05, 4.69) is 24.0 Å². The lowest BCUT2D eigenvalue weighted by atomic mass is 10.1. The first-order valence-corrected chi connectivity index (χ1v) is 9.71. The predicted octanol–water partition coefficient (Wildman–Crippen LogP) is 2.93. The highest BCUT2D eigenvalue weighted by atomic mass is 16.5. The Labute approximate surface area is 168 Å². The van der Waals surface area contributed by atoms with Crippen LogP contribution in [-0.2, 0) is 0 Å². The molecule has 0 bridgehead atoms. The SMILES string of the molecule is CC(C)COc1ccc2cc(-c3noc(C4[C@@H](O)CCN4C(=N)N)n3)ccc2c1. The average molecular weight is 395 g/mol. The molecular weight excluding hydrogens is 370 g/mol. The van der Waals surface area contributed by atoms with Gasteiger partial charge in [-0.1, -0.05) is 37.2 Å². The molecule has 152 valence electrons. The van der Waals surface area contributed by atoms with Gasteiger partial charge in [0.1, 0.15) is 11.8 Å². The number of nitrogens with one attached hydrogen (secondary N) is 1. The molecule has 0 aliphatic carbocycles. The summed E-state index contributed by atoms with van der Waals surface area (Å²) in [6.45, 7) is 5.40. The van der Waals surface area contributed by atoms with Crippen LogP contribution >= 0.6 is 0 Å². The standard InChI is InChI=1S/C21H25N5O3/c1-12(2)11-28-16-6-5-13-9-15(4-3-14(13)10-16)19-24-20(29-25-19)18-17(27)7-8-26(18)21(22)23/h3-6,9-10,12,17-18,27H,7-8,11H2,1-2H3,(H3,22,23)/t17-,18?/m0/s1.